The van der Waals surface area contributed by atoms with Crippen molar-refractivity contribution in [1.29, 1.82) is 0 Å². The Kier molecular flexibility index (Phi) is 27.0. The second-order valence-corrected chi connectivity index (χ2v) is 29.2. The number of rotatable bonds is 46. The third-order valence-corrected chi connectivity index (χ3v) is 22.0. The normalized spacial score (nSPS) is 12.2. The van der Waals surface area contributed by atoms with Gasteiger partial charge in [0.15, 0.2) is 0 Å². The number of para-hydroxylation sites is 2. The maximum Gasteiger partial charge on any atom is 0.0499 e. The summed E-state index contributed by atoms with van der Waals surface area (Å²) in [6.45, 7) is 13.5. The van der Waals surface area contributed by atoms with Crippen LogP contribution in [0, 0.1) is 0 Å². The quantitative estimate of drug-likeness (QED) is 0.0339. The van der Waals surface area contributed by atoms with Gasteiger partial charge in [-0.05, 0) is 96.5 Å². The summed E-state index contributed by atoms with van der Waals surface area (Å²) in [5, 5.41) is 11.2. The smallest absolute Gasteiger partial charge is 0.0499 e. The molecule has 0 aliphatic heterocycles. The monoisotopic (exact) mass is 1260 g/mol. The van der Waals surface area contributed by atoms with Crippen LogP contribution in [0.4, 0.5) is 0 Å². The Morgan fingerprint density at radius 2 is 0.372 bits per heavy atom. The fraction of sp³-hybridized carbons (Fsp3) is 0.533. The molecule has 4 aromatic heterocycles. The van der Waals surface area contributed by atoms with Gasteiger partial charge in [-0.1, -0.05) is 344 Å². The zero-order chi connectivity index (χ0) is 64.5. The van der Waals surface area contributed by atoms with Crippen LogP contribution >= 0.6 is 0 Å². The van der Waals surface area contributed by atoms with Gasteiger partial charge in [0, 0.05) is 113 Å². The first kappa shape index (κ1) is 69.1. The first-order chi connectivity index (χ1) is 46.6. The van der Waals surface area contributed by atoms with E-state index < -0.39 is 0 Å². The Morgan fingerprint density at radius 1 is 0.170 bits per heavy atom. The van der Waals surface area contributed by atoms with Crippen molar-refractivity contribution < 1.29 is 0 Å². The molecule has 0 saturated heterocycles. The Morgan fingerprint density at radius 3 is 0.638 bits per heavy atom. The van der Waals surface area contributed by atoms with Gasteiger partial charge < -0.3 is 18.3 Å². The lowest BCUT2D eigenvalue weighted by Gasteiger charge is -2.11. The van der Waals surface area contributed by atoms with E-state index in [2.05, 4.69) is 179 Å². The topological polar surface area (TPSA) is 19.7 Å². The van der Waals surface area contributed by atoms with Crippen LogP contribution in [-0.2, 0) is 26.2 Å². The molecular weight excluding hydrogens is 1140 g/mol. The first-order valence-corrected chi connectivity index (χ1v) is 39.6. The van der Waals surface area contributed by atoms with E-state index in [4.69, 9.17) is 0 Å². The summed E-state index contributed by atoms with van der Waals surface area (Å²) in [7, 11) is 0. The summed E-state index contributed by atoms with van der Waals surface area (Å²) < 4.78 is 10.8. The third-order valence-electron chi connectivity index (χ3n) is 22.0. The van der Waals surface area contributed by atoms with E-state index in [1.54, 1.807) is 0 Å². The molecule has 4 heterocycles. The highest BCUT2D eigenvalue weighted by Crippen LogP contribution is 2.42. The Balaban J connectivity index is 0.868. The largest absolute Gasteiger partial charge is 0.340 e. The van der Waals surface area contributed by atoms with Gasteiger partial charge in [-0.25, -0.2) is 0 Å². The standard InChI is InChI=1S/C90H122N4/c1-5-9-13-17-21-25-29-33-37-45-61-91-83-51-43-41-49-75(83)79-67-89-81(69-87(79)91)77-59-57-73(65-85(77)93(89)63-47-39-35-31-27-23-19-15-11-7-3)71-53-55-72(56-54-71)74-58-60-78-82-70-88-80(68-90(82)94(86(78)66-74)64-48-40-36-32-28-24-20-16-12-8-4)76-50-42-44-52-84(76)92(88)62-46-38-34-30-26-22-18-14-10-6-2/h41-44,49-60,65-70H,5-40,45-48,61-64H2,1-4H3. The number of fused-ring (bicyclic) bond motifs is 12. The van der Waals surface area contributed by atoms with Crippen LogP contribution in [0.3, 0.4) is 0 Å². The number of hydrogen-bond donors (Lipinski definition) is 0. The molecule has 7 aromatic carbocycles. The molecular formula is C90H122N4. The van der Waals surface area contributed by atoms with Crippen molar-refractivity contribution in [1.82, 2.24) is 18.3 Å². The summed E-state index contributed by atoms with van der Waals surface area (Å²) in [4.78, 5) is 0. The Bertz CT molecular complexity index is 3800. The molecule has 0 bridgehead atoms. The van der Waals surface area contributed by atoms with Crippen molar-refractivity contribution in [2.24, 2.45) is 0 Å². The molecule has 11 aromatic rings. The molecule has 0 aliphatic rings. The maximum atomic E-state index is 2.72. The zero-order valence-electron chi connectivity index (χ0n) is 59.6. The van der Waals surface area contributed by atoms with Crippen LogP contribution in [0.25, 0.3) is 109 Å². The second kappa shape index (κ2) is 36.7. The van der Waals surface area contributed by atoms with Crippen molar-refractivity contribution in [2.45, 2.75) is 311 Å². The fourth-order valence-corrected chi connectivity index (χ4v) is 16.5. The number of hydrogen-bond acceptors (Lipinski definition) is 0. The summed E-state index contributed by atoms with van der Waals surface area (Å²) in [6.07, 6.45) is 54.3. The number of aryl methyl sites for hydroxylation is 4. The fourth-order valence-electron chi connectivity index (χ4n) is 16.5. The number of benzene rings is 7. The third kappa shape index (κ3) is 17.5. The van der Waals surface area contributed by atoms with Crippen molar-refractivity contribution >= 4 is 87.2 Å². The Labute approximate surface area is 568 Å². The molecule has 0 radical (unpaired) electrons. The first-order valence-electron chi connectivity index (χ1n) is 39.6. The minimum absolute atomic E-state index is 1.05. The van der Waals surface area contributed by atoms with E-state index in [1.165, 1.54) is 366 Å². The van der Waals surface area contributed by atoms with Crippen LogP contribution in [0.5, 0.6) is 0 Å². The van der Waals surface area contributed by atoms with Gasteiger partial charge in [0.25, 0.3) is 0 Å². The van der Waals surface area contributed by atoms with Gasteiger partial charge in [0.05, 0.1) is 0 Å². The second-order valence-electron chi connectivity index (χ2n) is 29.2. The lowest BCUT2D eigenvalue weighted by Crippen LogP contribution is -1.99. The van der Waals surface area contributed by atoms with E-state index in [9.17, 15) is 0 Å². The molecule has 0 fully saturated rings. The van der Waals surface area contributed by atoms with Crippen molar-refractivity contribution in [2.75, 3.05) is 0 Å². The van der Waals surface area contributed by atoms with E-state index in [-0.39, 0.29) is 0 Å². The minimum atomic E-state index is 1.05. The number of unbranched alkanes of at least 4 members (excludes halogenated alkanes) is 36. The molecule has 0 atom stereocenters. The highest BCUT2D eigenvalue weighted by atomic mass is 15.0. The molecule has 4 heteroatoms. The minimum Gasteiger partial charge on any atom is -0.340 e. The van der Waals surface area contributed by atoms with Crippen molar-refractivity contribution in [3.63, 3.8) is 0 Å². The van der Waals surface area contributed by atoms with Crippen LogP contribution in [0.15, 0.2) is 133 Å². The SMILES string of the molecule is CCCCCCCCCCCCn1c2ccccc2c2cc3c(cc21)c1ccc(-c2ccc(-c4ccc5c6cc7c(cc6n(CCCCCCCCCCCC)c5c4)c4ccccc4n7CCCCCCCCCCCC)cc2)cc1n3CCCCCCCCCCCC. The van der Waals surface area contributed by atoms with Crippen LogP contribution in [-0.4, -0.2) is 18.3 Å². The number of aromatic nitrogens is 4. The summed E-state index contributed by atoms with van der Waals surface area (Å²) >= 11 is 0. The van der Waals surface area contributed by atoms with Gasteiger partial charge in [-0.2, -0.15) is 0 Å². The van der Waals surface area contributed by atoms with Gasteiger partial charge >= 0.3 is 0 Å². The van der Waals surface area contributed by atoms with Crippen LogP contribution < -0.4 is 0 Å². The molecule has 4 nitrogen and oxygen atoms in total. The number of nitrogens with zero attached hydrogens (tertiary/aromatic N) is 4. The molecule has 0 saturated carbocycles. The lowest BCUT2D eigenvalue weighted by atomic mass is 9.98. The van der Waals surface area contributed by atoms with Crippen molar-refractivity contribution in [3.8, 4) is 22.3 Å². The molecule has 94 heavy (non-hydrogen) atoms. The average Bonchev–Trinajstić information content (AvgIpc) is 1.58. The van der Waals surface area contributed by atoms with Crippen molar-refractivity contribution in [3.05, 3.63) is 133 Å². The Hall–Kier alpha value is -6.26. The highest BCUT2D eigenvalue weighted by Gasteiger charge is 2.21. The zero-order valence-corrected chi connectivity index (χ0v) is 59.6. The maximum absolute atomic E-state index is 2.72. The average molecular weight is 1260 g/mol. The highest BCUT2D eigenvalue weighted by molar-refractivity contribution is 6.20. The van der Waals surface area contributed by atoms with E-state index in [1.807, 2.05) is 0 Å². The molecule has 0 aliphatic carbocycles. The lowest BCUT2D eigenvalue weighted by molar-refractivity contribution is 0.541. The molecule has 0 unspecified atom stereocenters. The summed E-state index contributed by atoms with van der Waals surface area (Å²) in [5.41, 5.74) is 16.3. The summed E-state index contributed by atoms with van der Waals surface area (Å²) in [6, 6.07) is 53.3. The van der Waals surface area contributed by atoms with Crippen LogP contribution in [0.1, 0.15) is 285 Å². The molecule has 502 valence electrons. The molecule has 0 N–H and O–H groups in total. The van der Waals surface area contributed by atoms with E-state index in [0.29, 0.717) is 0 Å². The van der Waals surface area contributed by atoms with Crippen LogP contribution in [0.2, 0.25) is 0 Å². The van der Waals surface area contributed by atoms with Gasteiger partial charge in [0.1, 0.15) is 0 Å². The van der Waals surface area contributed by atoms with Gasteiger partial charge in [-0.3, -0.25) is 0 Å². The molecule has 0 spiro atoms. The molecule has 11 rings (SSSR count). The predicted octanol–water partition coefficient (Wildman–Crippen LogP) is 29.1. The predicted molar refractivity (Wildman–Crippen MR) is 417 cm³/mol. The van der Waals surface area contributed by atoms with Gasteiger partial charge in [-0.15, -0.1) is 0 Å². The van der Waals surface area contributed by atoms with Gasteiger partial charge in [0.2, 0.25) is 0 Å². The van der Waals surface area contributed by atoms with E-state index >= 15 is 0 Å². The molecule has 0 amide bonds. The van der Waals surface area contributed by atoms with E-state index in [0.717, 1.165) is 26.2 Å². The summed E-state index contributed by atoms with van der Waals surface area (Å²) in [5.74, 6) is 0.